The fourth-order valence-corrected chi connectivity index (χ4v) is 5.86. The molecule has 4 nitrogen and oxygen atoms in total. The first kappa shape index (κ1) is 16.4. The van der Waals surface area contributed by atoms with Crippen LogP contribution in [0.4, 0.5) is 5.13 Å². The SMILES string of the molecule is CC[S@](=O)[C@@H]1CCCC[C@H]1NC1CCN(c2nccs2)CC1. The Bertz CT molecular complexity index is 472. The van der Waals surface area contributed by atoms with Crippen LogP contribution in [0.3, 0.4) is 0 Å². The van der Waals surface area contributed by atoms with E-state index in [0.29, 0.717) is 17.3 Å². The van der Waals surface area contributed by atoms with E-state index in [9.17, 15) is 4.21 Å². The standard InChI is InChI=1S/C16H27N3OS2/c1-2-22(20)15-6-4-3-5-14(15)18-13-7-10-19(11-8-13)16-17-9-12-21-16/h9,12-15,18H,2-8,10-11H2,1H3/t14-,15-,22+/m1/s1. The zero-order chi connectivity index (χ0) is 15.4. The third-order valence-electron chi connectivity index (χ3n) is 4.96. The molecule has 0 unspecified atom stereocenters. The molecular formula is C16H27N3OS2. The largest absolute Gasteiger partial charge is 0.348 e. The maximum atomic E-state index is 12.3. The molecule has 6 heteroatoms. The minimum atomic E-state index is -0.660. The molecule has 0 spiro atoms. The second-order valence-corrected chi connectivity index (χ2v) is 9.16. The fourth-order valence-electron chi connectivity index (χ4n) is 3.73. The van der Waals surface area contributed by atoms with E-state index in [1.807, 2.05) is 18.5 Å². The van der Waals surface area contributed by atoms with Crippen LogP contribution >= 0.6 is 11.3 Å². The van der Waals surface area contributed by atoms with E-state index in [2.05, 4.69) is 15.2 Å². The first-order valence-corrected chi connectivity index (χ1v) is 10.8. The van der Waals surface area contributed by atoms with Crippen LogP contribution in [0.2, 0.25) is 0 Å². The molecule has 1 aliphatic carbocycles. The maximum Gasteiger partial charge on any atom is 0.185 e. The van der Waals surface area contributed by atoms with Gasteiger partial charge in [0.25, 0.3) is 0 Å². The monoisotopic (exact) mass is 341 g/mol. The highest BCUT2D eigenvalue weighted by Crippen LogP contribution is 2.26. The second-order valence-electron chi connectivity index (χ2n) is 6.34. The van der Waals surface area contributed by atoms with E-state index in [-0.39, 0.29) is 0 Å². The van der Waals surface area contributed by atoms with Crippen molar-refractivity contribution in [1.82, 2.24) is 10.3 Å². The van der Waals surface area contributed by atoms with Crippen LogP contribution in [0, 0.1) is 0 Å². The molecule has 1 aromatic rings. The lowest BCUT2D eigenvalue weighted by molar-refractivity contribution is 0.311. The quantitative estimate of drug-likeness (QED) is 0.894. The summed E-state index contributed by atoms with van der Waals surface area (Å²) in [5, 5.41) is 7.43. The predicted molar refractivity (Wildman–Crippen MR) is 95.2 cm³/mol. The van der Waals surface area contributed by atoms with Crippen LogP contribution in [0.15, 0.2) is 11.6 Å². The lowest BCUT2D eigenvalue weighted by Crippen LogP contribution is -2.52. The van der Waals surface area contributed by atoms with Crippen molar-refractivity contribution in [2.45, 2.75) is 62.8 Å². The molecule has 0 radical (unpaired) electrons. The van der Waals surface area contributed by atoms with Crippen molar-refractivity contribution in [1.29, 1.82) is 0 Å². The van der Waals surface area contributed by atoms with Crippen molar-refractivity contribution in [3.63, 3.8) is 0 Å². The Hall–Kier alpha value is -0.460. The first-order chi connectivity index (χ1) is 10.8. The molecule has 1 N–H and O–H groups in total. The Labute approximate surface area is 140 Å². The molecule has 0 bridgehead atoms. The summed E-state index contributed by atoms with van der Waals surface area (Å²) in [5.41, 5.74) is 0. The summed E-state index contributed by atoms with van der Waals surface area (Å²) in [4.78, 5) is 6.81. The molecule has 0 amide bonds. The van der Waals surface area contributed by atoms with E-state index in [4.69, 9.17) is 0 Å². The van der Waals surface area contributed by atoms with Crippen LogP contribution in [-0.2, 0) is 10.8 Å². The lowest BCUT2D eigenvalue weighted by Gasteiger charge is -2.38. The highest BCUT2D eigenvalue weighted by Gasteiger charge is 2.31. The van der Waals surface area contributed by atoms with Gasteiger partial charge in [-0.05, 0) is 25.7 Å². The molecule has 1 aliphatic heterocycles. The van der Waals surface area contributed by atoms with Crippen molar-refractivity contribution < 1.29 is 4.21 Å². The van der Waals surface area contributed by atoms with Gasteiger partial charge in [-0.2, -0.15) is 0 Å². The average Bonchev–Trinajstić information content (AvgIpc) is 3.10. The number of hydrogen-bond acceptors (Lipinski definition) is 5. The maximum absolute atomic E-state index is 12.3. The Morgan fingerprint density at radius 2 is 2.09 bits per heavy atom. The van der Waals surface area contributed by atoms with Gasteiger partial charge < -0.3 is 10.2 Å². The van der Waals surface area contributed by atoms with Gasteiger partial charge in [-0.15, -0.1) is 11.3 Å². The van der Waals surface area contributed by atoms with E-state index in [1.54, 1.807) is 11.3 Å². The third-order valence-corrected chi connectivity index (χ3v) is 7.60. The van der Waals surface area contributed by atoms with Gasteiger partial charge >= 0.3 is 0 Å². The summed E-state index contributed by atoms with van der Waals surface area (Å²) in [6, 6.07) is 1.04. The number of anilines is 1. The molecule has 2 aliphatic rings. The summed E-state index contributed by atoms with van der Waals surface area (Å²) in [7, 11) is -0.660. The van der Waals surface area contributed by atoms with E-state index >= 15 is 0 Å². The Morgan fingerprint density at radius 1 is 1.32 bits per heavy atom. The van der Waals surface area contributed by atoms with Gasteiger partial charge in [-0.3, -0.25) is 4.21 Å². The number of aromatic nitrogens is 1. The van der Waals surface area contributed by atoms with Gasteiger partial charge in [-0.25, -0.2) is 4.98 Å². The minimum absolute atomic E-state index is 0.371. The van der Waals surface area contributed by atoms with Crippen molar-refractivity contribution in [3.05, 3.63) is 11.6 Å². The van der Waals surface area contributed by atoms with Crippen molar-refractivity contribution >= 4 is 27.3 Å². The number of nitrogens with one attached hydrogen (secondary N) is 1. The molecule has 2 fully saturated rings. The molecule has 3 rings (SSSR count). The third kappa shape index (κ3) is 3.89. The van der Waals surface area contributed by atoms with Gasteiger partial charge in [0.2, 0.25) is 0 Å². The molecule has 124 valence electrons. The van der Waals surface area contributed by atoms with Gasteiger partial charge in [0, 0.05) is 53.3 Å². The minimum Gasteiger partial charge on any atom is -0.348 e. The van der Waals surface area contributed by atoms with E-state index < -0.39 is 10.8 Å². The van der Waals surface area contributed by atoms with Crippen LogP contribution < -0.4 is 10.2 Å². The average molecular weight is 342 g/mol. The molecular weight excluding hydrogens is 314 g/mol. The fraction of sp³-hybridized carbons (Fsp3) is 0.812. The Balaban J connectivity index is 1.52. The Kier molecular flexibility index (Phi) is 5.88. The van der Waals surface area contributed by atoms with Gasteiger partial charge in [-0.1, -0.05) is 19.8 Å². The van der Waals surface area contributed by atoms with Crippen LogP contribution in [-0.4, -0.2) is 45.4 Å². The molecule has 1 saturated heterocycles. The molecule has 0 aromatic carbocycles. The summed E-state index contributed by atoms with van der Waals surface area (Å²) in [6.45, 7) is 4.22. The summed E-state index contributed by atoms with van der Waals surface area (Å²) in [6.07, 6.45) is 9.09. The molecule has 1 saturated carbocycles. The van der Waals surface area contributed by atoms with E-state index in [1.165, 1.54) is 32.1 Å². The van der Waals surface area contributed by atoms with Crippen molar-refractivity contribution in [3.8, 4) is 0 Å². The number of thiazole rings is 1. The van der Waals surface area contributed by atoms with Gasteiger partial charge in [0.1, 0.15) is 0 Å². The smallest absolute Gasteiger partial charge is 0.185 e. The van der Waals surface area contributed by atoms with Crippen molar-refractivity contribution in [2.24, 2.45) is 0 Å². The van der Waals surface area contributed by atoms with E-state index in [0.717, 1.165) is 30.4 Å². The van der Waals surface area contributed by atoms with Crippen LogP contribution in [0.5, 0.6) is 0 Å². The number of rotatable bonds is 5. The normalized spacial score (nSPS) is 28.7. The highest BCUT2D eigenvalue weighted by molar-refractivity contribution is 7.85. The van der Waals surface area contributed by atoms with Gasteiger partial charge in [0.15, 0.2) is 5.13 Å². The van der Waals surface area contributed by atoms with Crippen molar-refractivity contribution in [2.75, 3.05) is 23.7 Å². The predicted octanol–water partition coefficient (Wildman–Crippen LogP) is 2.78. The number of nitrogens with zero attached hydrogens (tertiary/aromatic N) is 2. The summed E-state index contributed by atoms with van der Waals surface area (Å²) >= 11 is 1.73. The molecule has 1 aromatic heterocycles. The molecule has 3 atom stereocenters. The highest BCUT2D eigenvalue weighted by atomic mass is 32.2. The second kappa shape index (κ2) is 7.88. The summed E-state index contributed by atoms with van der Waals surface area (Å²) in [5.74, 6) is 0.797. The molecule has 22 heavy (non-hydrogen) atoms. The lowest BCUT2D eigenvalue weighted by atomic mass is 9.93. The van der Waals surface area contributed by atoms with Gasteiger partial charge in [0.05, 0.1) is 5.25 Å². The number of piperidine rings is 1. The topological polar surface area (TPSA) is 45.2 Å². The zero-order valence-electron chi connectivity index (χ0n) is 13.4. The zero-order valence-corrected chi connectivity index (χ0v) is 15.0. The van der Waals surface area contributed by atoms with Crippen LogP contribution in [0.1, 0.15) is 45.4 Å². The first-order valence-electron chi connectivity index (χ1n) is 8.55. The number of hydrogen-bond donors (Lipinski definition) is 1. The van der Waals surface area contributed by atoms with Crippen LogP contribution in [0.25, 0.3) is 0 Å². The molecule has 2 heterocycles. The Morgan fingerprint density at radius 3 is 2.77 bits per heavy atom. The summed E-state index contributed by atoms with van der Waals surface area (Å²) < 4.78 is 12.3.